The molecule has 4 heteroatoms. The maximum Gasteiger partial charge on any atom is 0.338 e. The van der Waals surface area contributed by atoms with Gasteiger partial charge in [-0.15, -0.1) is 0 Å². The highest BCUT2D eigenvalue weighted by Gasteiger charge is 2.10. The number of nitrogens with two attached hydrogens (primary N) is 1. The molecule has 2 N–H and O–H groups in total. The molecule has 0 saturated heterocycles. The molecule has 0 unspecified atom stereocenters. The zero-order valence-corrected chi connectivity index (χ0v) is 8.74. The highest BCUT2D eigenvalue weighted by molar-refractivity contribution is 6.01. The minimum absolute atomic E-state index is 0.122. The molecule has 0 bridgehead atoms. The van der Waals surface area contributed by atoms with Gasteiger partial charge >= 0.3 is 5.97 Å². The van der Waals surface area contributed by atoms with E-state index in [0.29, 0.717) is 23.4 Å². The Morgan fingerprint density at radius 1 is 1.40 bits per heavy atom. The monoisotopic (exact) mass is 207 g/mol. The Balaban J connectivity index is 3.01. The molecular formula is C11H13NO3. The van der Waals surface area contributed by atoms with Gasteiger partial charge < -0.3 is 10.5 Å². The molecule has 0 amide bonds. The summed E-state index contributed by atoms with van der Waals surface area (Å²) in [6.45, 7) is 3.47. The molecule has 1 aromatic rings. The van der Waals surface area contributed by atoms with E-state index >= 15 is 0 Å². The summed E-state index contributed by atoms with van der Waals surface area (Å²) in [4.78, 5) is 22.4. The summed E-state index contributed by atoms with van der Waals surface area (Å²) in [7, 11) is 0. The van der Waals surface area contributed by atoms with E-state index in [0.717, 1.165) is 0 Å². The van der Waals surface area contributed by atoms with Crippen LogP contribution in [0.3, 0.4) is 0 Å². The van der Waals surface area contributed by atoms with Crippen LogP contribution in [-0.4, -0.2) is 18.4 Å². The van der Waals surface area contributed by atoms with Crippen molar-refractivity contribution < 1.29 is 14.3 Å². The van der Waals surface area contributed by atoms with Crippen molar-refractivity contribution in [1.29, 1.82) is 0 Å². The van der Waals surface area contributed by atoms with Crippen LogP contribution in [0.2, 0.25) is 0 Å². The van der Waals surface area contributed by atoms with Crippen molar-refractivity contribution >= 4 is 17.4 Å². The zero-order chi connectivity index (χ0) is 11.4. The van der Waals surface area contributed by atoms with Gasteiger partial charge in [0, 0.05) is 11.3 Å². The van der Waals surface area contributed by atoms with Crippen molar-refractivity contribution in [3.8, 4) is 0 Å². The number of carbonyl (C=O) groups excluding carboxylic acids is 2. The minimum atomic E-state index is -0.431. The molecule has 0 saturated carbocycles. The number of rotatable bonds is 3. The second-order valence-electron chi connectivity index (χ2n) is 3.08. The Hall–Kier alpha value is -1.84. The molecule has 1 aromatic carbocycles. The Morgan fingerprint density at radius 2 is 2.07 bits per heavy atom. The van der Waals surface area contributed by atoms with Gasteiger partial charge in [0.2, 0.25) is 0 Å². The molecule has 1 rings (SSSR count). The number of nitrogen functional groups attached to an aromatic ring is 1. The van der Waals surface area contributed by atoms with Crippen molar-refractivity contribution in [2.24, 2.45) is 0 Å². The van der Waals surface area contributed by atoms with E-state index < -0.39 is 5.97 Å². The fourth-order valence-corrected chi connectivity index (χ4v) is 1.22. The fourth-order valence-electron chi connectivity index (χ4n) is 1.22. The van der Waals surface area contributed by atoms with Gasteiger partial charge in [-0.3, -0.25) is 4.79 Å². The molecule has 0 radical (unpaired) electrons. The SMILES string of the molecule is CCOC(=O)c1ccc(C(C)=O)c(N)c1. The molecule has 0 spiro atoms. The average Bonchev–Trinajstić information content (AvgIpc) is 2.17. The number of anilines is 1. The predicted molar refractivity (Wildman–Crippen MR) is 56.8 cm³/mol. The molecule has 4 nitrogen and oxygen atoms in total. The number of Topliss-reactive ketones (excluding diaryl/α,β-unsaturated/α-hetero) is 1. The molecule has 0 aromatic heterocycles. The number of ether oxygens (including phenoxy) is 1. The first-order chi connectivity index (χ1) is 7.06. The van der Waals surface area contributed by atoms with Crippen molar-refractivity contribution in [1.82, 2.24) is 0 Å². The van der Waals surface area contributed by atoms with Gasteiger partial charge in [-0.1, -0.05) is 0 Å². The quantitative estimate of drug-likeness (QED) is 0.464. The lowest BCUT2D eigenvalue weighted by Gasteiger charge is -2.05. The molecule has 0 fully saturated rings. The summed E-state index contributed by atoms with van der Waals surface area (Å²) in [5, 5.41) is 0. The lowest BCUT2D eigenvalue weighted by Crippen LogP contribution is -2.07. The molecule has 0 aliphatic carbocycles. The average molecular weight is 207 g/mol. The fraction of sp³-hybridized carbons (Fsp3) is 0.273. The predicted octanol–water partition coefficient (Wildman–Crippen LogP) is 1.65. The van der Waals surface area contributed by atoms with E-state index in [1.807, 2.05) is 0 Å². The number of carbonyl (C=O) groups is 2. The summed E-state index contributed by atoms with van der Waals surface area (Å²) in [5.74, 6) is -0.554. The van der Waals surface area contributed by atoms with E-state index in [1.54, 1.807) is 6.92 Å². The van der Waals surface area contributed by atoms with Gasteiger partial charge in [0.1, 0.15) is 0 Å². The molecule has 0 aliphatic heterocycles. The van der Waals surface area contributed by atoms with Gasteiger partial charge in [-0.05, 0) is 32.0 Å². The molecular weight excluding hydrogens is 194 g/mol. The van der Waals surface area contributed by atoms with Crippen molar-refractivity contribution in [3.63, 3.8) is 0 Å². The van der Waals surface area contributed by atoms with Crippen LogP contribution in [-0.2, 0) is 4.74 Å². The van der Waals surface area contributed by atoms with E-state index in [-0.39, 0.29) is 5.78 Å². The Kier molecular flexibility index (Phi) is 3.44. The first-order valence-corrected chi connectivity index (χ1v) is 4.63. The number of esters is 1. The van der Waals surface area contributed by atoms with Crippen molar-refractivity contribution in [2.75, 3.05) is 12.3 Å². The van der Waals surface area contributed by atoms with Crippen LogP contribution in [0.15, 0.2) is 18.2 Å². The smallest absolute Gasteiger partial charge is 0.338 e. The molecule has 0 heterocycles. The van der Waals surface area contributed by atoms with Gasteiger partial charge in [-0.25, -0.2) is 4.79 Å². The van der Waals surface area contributed by atoms with Gasteiger partial charge in [0.05, 0.1) is 12.2 Å². The third-order valence-corrected chi connectivity index (χ3v) is 1.94. The van der Waals surface area contributed by atoms with E-state index in [2.05, 4.69) is 0 Å². The van der Waals surface area contributed by atoms with Crippen LogP contribution in [0.25, 0.3) is 0 Å². The molecule has 0 aliphatic rings. The maximum atomic E-state index is 11.3. The van der Waals surface area contributed by atoms with Crippen LogP contribution in [0.5, 0.6) is 0 Å². The van der Waals surface area contributed by atoms with E-state index in [1.165, 1.54) is 25.1 Å². The Morgan fingerprint density at radius 3 is 2.53 bits per heavy atom. The lowest BCUT2D eigenvalue weighted by atomic mass is 10.1. The van der Waals surface area contributed by atoms with Crippen LogP contribution in [0.1, 0.15) is 34.6 Å². The van der Waals surface area contributed by atoms with E-state index in [4.69, 9.17) is 10.5 Å². The second-order valence-corrected chi connectivity index (χ2v) is 3.08. The third-order valence-electron chi connectivity index (χ3n) is 1.94. The summed E-state index contributed by atoms with van der Waals surface area (Å²) >= 11 is 0. The number of ketones is 1. The third kappa shape index (κ3) is 2.56. The van der Waals surface area contributed by atoms with Gasteiger partial charge in [-0.2, -0.15) is 0 Å². The van der Waals surface area contributed by atoms with Crippen LogP contribution < -0.4 is 5.73 Å². The van der Waals surface area contributed by atoms with Crippen LogP contribution in [0.4, 0.5) is 5.69 Å². The minimum Gasteiger partial charge on any atom is -0.462 e. The summed E-state index contributed by atoms with van der Waals surface area (Å²) in [5.41, 5.74) is 6.71. The van der Waals surface area contributed by atoms with Crippen molar-refractivity contribution in [2.45, 2.75) is 13.8 Å². The van der Waals surface area contributed by atoms with Crippen molar-refractivity contribution in [3.05, 3.63) is 29.3 Å². The summed E-state index contributed by atoms with van der Waals surface area (Å²) < 4.78 is 4.80. The highest BCUT2D eigenvalue weighted by Crippen LogP contribution is 2.15. The number of benzene rings is 1. The Labute approximate surface area is 88.0 Å². The van der Waals surface area contributed by atoms with E-state index in [9.17, 15) is 9.59 Å². The zero-order valence-electron chi connectivity index (χ0n) is 8.74. The maximum absolute atomic E-state index is 11.3. The molecule has 80 valence electrons. The van der Waals surface area contributed by atoms with Gasteiger partial charge in [0.15, 0.2) is 5.78 Å². The molecule has 15 heavy (non-hydrogen) atoms. The summed E-state index contributed by atoms with van der Waals surface area (Å²) in [6.07, 6.45) is 0. The Bertz CT molecular complexity index is 399. The molecule has 0 atom stereocenters. The number of hydrogen-bond donors (Lipinski definition) is 1. The summed E-state index contributed by atoms with van der Waals surface area (Å²) in [6, 6.07) is 4.52. The first-order valence-electron chi connectivity index (χ1n) is 4.63. The normalized spacial score (nSPS) is 9.73. The van der Waals surface area contributed by atoms with Crippen LogP contribution in [0, 0.1) is 0 Å². The van der Waals surface area contributed by atoms with Crippen LogP contribution >= 0.6 is 0 Å². The topological polar surface area (TPSA) is 69.4 Å². The standard InChI is InChI=1S/C11H13NO3/c1-3-15-11(14)8-4-5-9(7(2)13)10(12)6-8/h4-6H,3,12H2,1-2H3. The first kappa shape index (κ1) is 11.2. The number of hydrogen-bond acceptors (Lipinski definition) is 4. The van der Waals surface area contributed by atoms with Gasteiger partial charge in [0.25, 0.3) is 0 Å². The lowest BCUT2D eigenvalue weighted by molar-refractivity contribution is 0.0526. The highest BCUT2D eigenvalue weighted by atomic mass is 16.5. The second kappa shape index (κ2) is 4.59. The largest absolute Gasteiger partial charge is 0.462 e.